The summed E-state index contributed by atoms with van der Waals surface area (Å²) in [6.45, 7) is 9.22. The van der Waals surface area contributed by atoms with Crippen molar-refractivity contribution in [3.63, 3.8) is 0 Å². The minimum absolute atomic E-state index is 0.0103. The Morgan fingerprint density at radius 3 is 2.85 bits per heavy atom. The molecule has 2 rings (SSSR count). The fraction of sp³-hybridized carbons (Fsp3) is 0.667. The van der Waals surface area contributed by atoms with E-state index < -0.39 is 0 Å². The highest BCUT2D eigenvalue weighted by Crippen LogP contribution is 2.18. The third-order valence-electron chi connectivity index (χ3n) is 4.00. The molecule has 20 heavy (non-hydrogen) atoms. The van der Waals surface area contributed by atoms with Crippen LogP contribution >= 0.6 is 0 Å². The van der Waals surface area contributed by atoms with Gasteiger partial charge < -0.3 is 19.3 Å². The molecule has 5 nitrogen and oxygen atoms in total. The predicted octanol–water partition coefficient (Wildman–Crippen LogP) is 1.21. The standard InChI is InChI=1S/C15H24N2O3/c1-4-17-11(2)7-14(12(17)3)15(19)16-5-6-20-10-13(8-16)9-18/h7,13,18H,4-6,8-10H2,1-3H3. The number of aromatic nitrogens is 1. The summed E-state index contributed by atoms with van der Waals surface area (Å²) in [7, 11) is 0. The SMILES string of the molecule is CCn1c(C)cc(C(=O)N2CCOCC(CO)C2)c1C. The lowest BCUT2D eigenvalue weighted by atomic mass is 10.1. The average molecular weight is 280 g/mol. The largest absolute Gasteiger partial charge is 0.396 e. The van der Waals surface area contributed by atoms with Gasteiger partial charge >= 0.3 is 0 Å². The summed E-state index contributed by atoms with van der Waals surface area (Å²) in [6, 6.07) is 1.96. The average Bonchev–Trinajstić information content (AvgIpc) is 2.63. The Morgan fingerprint density at radius 1 is 1.50 bits per heavy atom. The summed E-state index contributed by atoms with van der Waals surface area (Å²) in [5.74, 6) is 0.0536. The lowest BCUT2D eigenvalue weighted by Crippen LogP contribution is -2.37. The molecule has 1 aromatic rings. The van der Waals surface area contributed by atoms with E-state index in [-0.39, 0.29) is 18.4 Å². The molecule has 1 N–H and O–H groups in total. The second kappa shape index (κ2) is 6.41. The minimum Gasteiger partial charge on any atom is -0.396 e. The van der Waals surface area contributed by atoms with E-state index in [1.54, 1.807) is 4.90 Å². The number of rotatable bonds is 3. The van der Waals surface area contributed by atoms with Crippen LogP contribution in [0.5, 0.6) is 0 Å². The van der Waals surface area contributed by atoms with E-state index >= 15 is 0 Å². The van der Waals surface area contributed by atoms with E-state index in [9.17, 15) is 9.90 Å². The highest BCUT2D eigenvalue weighted by molar-refractivity contribution is 5.95. The number of amides is 1. The molecule has 1 fully saturated rings. The van der Waals surface area contributed by atoms with Crippen molar-refractivity contribution in [1.29, 1.82) is 0 Å². The molecule has 0 spiro atoms. The molecule has 5 heteroatoms. The van der Waals surface area contributed by atoms with Crippen molar-refractivity contribution in [3.8, 4) is 0 Å². The Bertz CT molecular complexity index is 482. The Balaban J connectivity index is 2.21. The van der Waals surface area contributed by atoms with Crippen molar-refractivity contribution in [2.75, 3.05) is 32.9 Å². The van der Waals surface area contributed by atoms with Crippen LogP contribution in [0.25, 0.3) is 0 Å². The van der Waals surface area contributed by atoms with E-state index in [0.717, 1.165) is 23.5 Å². The van der Waals surface area contributed by atoms with Crippen LogP contribution in [0.15, 0.2) is 6.07 Å². The van der Waals surface area contributed by atoms with E-state index in [1.807, 2.05) is 19.9 Å². The van der Waals surface area contributed by atoms with Crippen molar-refractivity contribution < 1.29 is 14.6 Å². The maximum atomic E-state index is 12.7. The van der Waals surface area contributed by atoms with Crippen LogP contribution in [0.1, 0.15) is 28.7 Å². The van der Waals surface area contributed by atoms with Gasteiger partial charge in [-0.05, 0) is 26.8 Å². The first-order chi connectivity index (χ1) is 9.58. The van der Waals surface area contributed by atoms with Crippen LogP contribution in [0.2, 0.25) is 0 Å². The van der Waals surface area contributed by atoms with Crippen molar-refractivity contribution >= 4 is 5.91 Å². The molecule has 0 aliphatic carbocycles. The van der Waals surface area contributed by atoms with Crippen molar-refractivity contribution in [2.24, 2.45) is 5.92 Å². The number of aliphatic hydroxyl groups excluding tert-OH is 1. The van der Waals surface area contributed by atoms with Crippen molar-refractivity contribution in [1.82, 2.24) is 9.47 Å². The van der Waals surface area contributed by atoms with Gasteiger partial charge in [-0.2, -0.15) is 0 Å². The molecule has 2 heterocycles. The van der Waals surface area contributed by atoms with E-state index in [0.29, 0.717) is 26.3 Å². The molecule has 1 atom stereocenters. The molecule has 1 aromatic heterocycles. The number of nitrogens with zero attached hydrogens (tertiary/aromatic N) is 2. The number of hydrogen-bond acceptors (Lipinski definition) is 3. The molecule has 1 saturated heterocycles. The van der Waals surface area contributed by atoms with Crippen LogP contribution in [0.3, 0.4) is 0 Å². The summed E-state index contributed by atoms with van der Waals surface area (Å²) < 4.78 is 7.58. The van der Waals surface area contributed by atoms with Gasteiger partial charge in [-0.1, -0.05) is 0 Å². The Labute approximate surface area is 120 Å². The second-order valence-electron chi connectivity index (χ2n) is 5.40. The zero-order valence-corrected chi connectivity index (χ0v) is 12.6. The Kier molecular flexibility index (Phi) is 4.83. The molecule has 0 aromatic carbocycles. The third-order valence-corrected chi connectivity index (χ3v) is 4.00. The molecule has 1 unspecified atom stereocenters. The van der Waals surface area contributed by atoms with Gasteiger partial charge in [-0.25, -0.2) is 0 Å². The van der Waals surface area contributed by atoms with Gasteiger partial charge in [0.2, 0.25) is 0 Å². The van der Waals surface area contributed by atoms with Crippen LogP contribution < -0.4 is 0 Å². The summed E-state index contributed by atoms with van der Waals surface area (Å²) in [5.41, 5.74) is 2.89. The number of ether oxygens (including phenoxy) is 1. The zero-order chi connectivity index (χ0) is 14.7. The molecule has 0 radical (unpaired) electrons. The van der Waals surface area contributed by atoms with Crippen LogP contribution in [0, 0.1) is 19.8 Å². The fourth-order valence-corrected chi connectivity index (χ4v) is 2.85. The molecule has 1 aliphatic rings. The summed E-state index contributed by atoms with van der Waals surface area (Å²) in [4.78, 5) is 14.5. The quantitative estimate of drug-likeness (QED) is 0.905. The van der Waals surface area contributed by atoms with Gasteiger partial charge in [0.05, 0.1) is 18.8 Å². The van der Waals surface area contributed by atoms with Crippen LogP contribution in [0.4, 0.5) is 0 Å². The van der Waals surface area contributed by atoms with E-state index in [4.69, 9.17) is 4.74 Å². The Morgan fingerprint density at radius 2 is 2.25 bits per heavy atom. The summed E-state index contributed by atoms with van der Waals surface area (Å²) in [5, 5.41) is 9.30. The van der Waals surface area contributed by atoms with Gasteiger partial charge in [0, 0.05) is 43.5 Å². The minimum atomic E-state index is 0.0103. The normalized spacial score (nSPS) is 20.0. The van der Waals surface area contributed by atoms with Crippen LogP contribution in [-0.2, 0) is 11.3 Å². The first kappa shape index (κ1) is 15.1. The number of carbonyl (C=O) groups excluding carboxylic acids is 1. The fourth-order valence-electron chi connectivity index (χ4n) is 2.85. The molecule has 1 aliphatic heterocycles. The first-order valence-electron chi connectivity index (χ1n) is 7.23. The number of aliphatic hydroxyl groups is 1. The maximum Gasteiger partial charge on any atom is 0.255 e. The number of aryl methyl sites for hydroxylation is 1. The molecule has 112 valence electrons. The zero-order valence-electron chi connectivity index (χ0n) is 12.6. The molecule has 1 amide bonds. The topological polar surface area (TPSA) is 54.7 Å². The lowest BCUT2D eigenvalue weighted by Gasteiger charge is -2.22. The number of hydrogen-bond donors (Lipinski definition) is 1. The summed E-state index contributed by atoms with van der Waals surface area (Å²) in [6.07, 6.45) is 0. The molecule has 0 bridgehead atoms. The lowest BCUT2D eigenvalue weighted by molar-refractivity contribution is 0.0727. The molecule has 0 saturated carbocycles. The van der Waals surface area contributed by atoms with Crippen LogP contribution in [-0.4, -0.2) is 53.4 Å². The van der Waals surface area contributed by atoms with E-state index in [2.05, 4.69) is 11.5 Å². The van der Waals surface area contributed by atoms with Gasteiger partial charge in [-0.3, -0.25) is 4.79 Å². The van der Waals surface area contributed by atoms with Crippen molar-refractivity contribution in [2.45, 2.75) is 27.3 Å². The molecular formula is C15H24N2O3. The van der Waals surface area contributed by atoms with Gasteiger partial charge in [0.1, 0.15) is 0 Å². The summed E-state index contributed by atoms with van der Waals surface area (Å²) >= 11 is 0. The second-order valence-corrected chi connectivity index (χ2v) is 5.40. The van der Waals surface area contributed by atoms with Gasteiger partial charge in [-0.15, -0.1) is 0 Å². The Hall–Kier alpha value is -1.33. The van der Waals surface area contributed by atoms with E-state index in [1.165, 1.54) is 0 Å². The highest BCUT2D eigenvalue weighted by Gasteiger charge is 2.25. The maximum absolute atomic E-state index is 12.7. The first-order valence-corrected chi connectivity index (χ1v) is 7.23. The third kappa shape index (κ3) is 2.88. The molecular weight excluding hydrogens is 256 g/mol. The monoisotopic (exact) mass is 280 g/mol. The van der Waals surface area contributed by atoms with Gasteiger partial charge in [0.15, 0.2) is 0 Å². The predicted molar refractivity (Wildman–Crippen MR) is 76.9 cm³/mol. The van der Waals surface area contributed by atoms with Crippen molar-refractivity contribution in [3.05, 3.63) is 23.0 Å². The van der Waals surface area contributed by atoms with Gasteiger partial charge in [0.25, 0.3) is 5.91 Å². The highest BCUT2D eigenvalue weighted by atomic mass is 16.5. The smallest absolute Gasteiger partial charge is 0.255 e. The number of carbonyl (C=O) groups is 1.